The first-order valence-corrected chi connectivity index (χ1v) is 8.61. The standard InChI is InChI=1S/C19H24N4O2/c1-13-5-4-6-16(11-13)22-19(24)23-9-7-17(8-10-23)25-18-12-14(2)20-15(3)21-18/h4-6,11-12,17H,7-10H2,1-3H3,(H,22,24). The van der Waals surface area contributed by atoms with Crippen LogP contribution in [0.2, 0.25) is 0 Å². The second kappa shape index (κ2) is 7.51. The first-order chi connectivity index (χ1) is 12.0. The number of likely N-dealkylation sites (tertiary alicyclic amines) is 1. The van der Waals surface area contributed by atoms with E-state index in [0.29, 0.717) is 24.8 Å². The number of nitrogens with one attached hydrogen (secondary N) is 1. The number of nitrogens with zero attached hydrogens (tertiary/aromatic N) is 3. The quantitative estimate of drug-likeness (QED) is 0.929. The normalized spacial score (nSPS) is 15.1. The third-order valence-corrected chi connectivity index (χ3v) is 4.23. The van der Waals surface area contributed by atoms with E-state index in [-0.39, 0.29) is 12.1 Å². The van der Waals surface area contributed by atoms with Crippen LogP contribution in [0.15, 0.2) is 30.3 Å². The Labute approximate surface area is 148 Å². The van der Waals surface area contributed by atoms with E-state index in [2.05, 4.69) is 15.3 Å². The summed E-state index contributed by atoms with van der Waals surface area (Å²) in [5.74, 6) is 1.33. The minimum Gasteiger partial charge on any atom is -0.474 e. The predicted molar refractivity (Wildman–Crippen MR) is 96.9 cm³/mol. The van der Waals surface area contributed by atoms with Crippen molar-refractivity contribution < 1.29 is 9.53 Å². The summed E-state index contributed by atoms with van der Waals surface area (Å²) in [5.41, 5.74) is 2.85. The molecule has 0 atom stereocenters. The van der Waals surface area contributed by atoms with E-state index in [1.807, 2.05) is 56.0 Å². The van der Waals surface area contributed by atoms with Gasteiger partial charge < -0.3 is 15.0 Å². The molecule has 1 aliphatic heterocycles. The summed E-state index contributed by atoms with van der Waals surface area (Å²) in [7, 11) is 0. The number of carbonyl (C=O) groups excluding carboxylic acids is 1. The van der Waals surface area contributed by atoms with Crippen LogP contribution in [-0.2, 0) is 0 Å². The van der Waals surface area contributed by atoms with Gasteiger partial charge in [-0.15, -0.1) is 0 Å². The predicted octanol–water partition coefficient (Wildman–Crippen LogP) is 3.48. The van der Waals surface area contributed by atoms with Gasteiger partial charge in [0.1, 0.15) is 11.9 Å². The lowest BCUT2D eigenvalue weighted by molar-refractivity contribution is 0.111. The van der Waals surface area contributed by atoms with Crippen molar-refractivity contribution >= 4 is 11.7 Å². The van der Waals surface area contributed by atoms with Gasteiger partial charge in [0.05, 0.1) is 0 Å². The Morgan fingerprint density at radius 1 is 1.16 bits per heavy atom. The highest BCUT2D eigenvalue weighted by Gasteiger charge is 2.24. The zero-order chi connectivity index (χ0) is 17.8. The van der Waals surface area contributed by atoms with E-state index in [0.717, 1.165) is 29.8 Å². The lowest BCUT2D eigenvalue weighted by Gasteiger charge is -2.32. The fraction of sp³-hybridized carbons (Fsp3) is 0.421. The zero-order valence-corrected chi connectivity index (χ0v) is 15.0. The van der Waals surface area contributed by atoms with Crippen molar-refractivity contribution in [2.75, 3.05) is 18.4 Å². The molecule has 1 N–H and O–H groups in total. The molecule has 1 aromatic carbocycles. The number of urea groups is 1. The highest BCUT2D eigenvalue weighted by molar-refractivity contribution is 5.89. The number of amides is 2. The number of ether oxygens (including phenoxy) is 1. The number of benzene rings is 1. The second-order valence-electron chi connectivity index (χ2n) is 6.50. The lowest BCUT2D eigenvalue weighted by Crippen LogP contribution is -2.43. The molecule has 2 heterocycles. The van der Waals surface area contributed by atoms with Crippen molar-refractivity contribution in [3.63, 3.8) is 0 Å². The highest BCUT2D eigenvalue weighted by atomic mass is 16.5. The molecular weight excluding hydrogens is 316 g/mol. The number of hydrogen-bond donors (Lipinski definition) is 1. The van der Waals surface area contributed by atoms with E-state index in [1.54, 1.807) is 0 Å². The van der Waals surface area contributed by atoms with Crippen molar-refractivity contribution in [3.05, 3.63) is 47.4 Å². The molecule has 1 fully saturated rings. The van der Waals surface area contributed by atoms with Crippen molar-refractivity contribution in [1.29, 1.82) is 0 Å². The van der Waals surface area contributed by atoms with Crippen LogP contribution < -0.4 is 10.1 Å². The number of aromatic nitrogens is 2. The molecule has 132 valence electrons. The molecule has 1 saturated heterocycles. The van der Waals surface area contributed by atoms with Crippen LogP contribution in [0.3, 0.4) is 0 Å². The van der Waals surface area contributed by atoms with Crippen molar-refractivity contribution in [1.82, 2.24) is 14.9 Å². The Hall–Kier alpha value is -2.63. The zero-order valence-electron chi connectivity index (χ0n) is 15.0. The molecular formula is C19H24N4O2. The van der Waals surface area contributed by atoms with Crippen LogP contribution in [0.4, 0.5) is 10.5 Å². The van der Waals surface area contributed by atoms with Gasteiger partial charge in [-0.2, -0.15) is 4.98 Å². The van der Waals surface area contributed by atoms with Crippen LogP contribution in [0.5, 0.6) is 5.88 Å². The Kier molecular flexibility index (Phi) is 5.16. The molecule has 2 amide bonds. The SMILES string of the molecule is Cc1cccc(NC(=O)N2CCC(Oc3cc(C)nc(C)n3)CC2)c1. The molecule has 0 unspecified atom stereocenters. The largest absolute Gasteiger partial charge is 0.474 e. The second-order valence-corrected chi connectivity index (χ2v) is 6.50. The highest BCUT2D eigenvalue weighted by Crippen LogP contribution is 2.19. The van der Waals surface area contributed by atoms with E-state index in [1.165, 1.54) is 0 Å². The van der Waals surface area contributed by atoms with Gasteiger partial charge in [-0.05, 0) is 38.5 Å². The number of piperidine rings is 1. The number of rotatable bonds is 3. The number of hydrogen-bond acceptors (Lipinski definition) is 4. The summed E-state index contributed by atoms with van der Waals surface area (Å²) in [6, 6.07) is 9.61. The average molecular weight is 340 g/mol. The van der Waals surface area contributed by atoms with Crippen LogP contribution in [-0.4, -0.2) is 40.1 Å². The van der Waals surface area contributed by atoms with Crippen LogP contribution >= 0.6 is 0 Å². The summed E-state index contributed by atoms with van der Waals surface area (Å²) in [4.78, 5) is 22.8. The summed E-state index contributed by atoms with van der Waals surface area (Å²) >= 11 is 0. The summed E-state index contributed by atoms with van der Waals surface area (Å²) in [6.07, 6.45) is 1.67. The molecule has 0 radical (unpaired) electrons. The van der Waals surface area contributed by atoms with Crippen molar-refractivity contribution in [2.24, 2.45) is 0 Å². The van der Waals surface area contributed by atoms with Gasteiger partial charge in [0.25, 0.3) is 0 Å². The fourth-order valence-corrected chi connectivity index (χ4v) is 3.02. The summed E-state index contributed by atoms with van der Waals surface area (Å²) in [6.45, 7) is 7.14. The minimum atomic E-state index is -0.0576. The van der Waals surface area contributed by atoms with E-state index >= 15 is 0 Å². The Bertz CT molecular complexity index is 735. The van der Waals surface area contributed by atoms with Gasteiger partial charge in [-0.3, -0.25) is 0 Å². The maximum Gasteiger partial charge on any atom is 0.321 e. The lowest BCUT2D eigenvalue weighted by atomic mass is 10.1. The molecule has 2 aromatic rings. The third-order valence-electron chi connectivity index (χ3n) is 4.23. The van der Waals surface area contributed by atoms with Crippen molar-refractivity contribution in [2.45, 2.75) is 39.7 Å². The summed E-state index contributed by atoms with van der Waals surface area (Å²) in [5, 5.41) is 2.96. The average Bonchev–Trinajstić information content (AvgIpc) is 2.54. The topological polar surface area (TPSA) is 67.4 Å². The fourth-order valence-electron chi connectivity index (χ4n) is 3.02. The van der Waals surface area contributed by atoms with Gasteiger partial charge in [0.15, 0.2) is 0 Å². The molecule has 6 heteroatoms. The smallest absolute Gasteiger partial charge is 0.321 e. The Balaban J connectivity index is 1.52. The molecule has 0 bridgehead atoms. The van der Waals surface area contributed by atoms with Crippen LogP contribution in [0.25, 0.3) is 0 Å². The molecule has 0 spiro atoms. The van der Waals surface area contributed by atoms with Crippen molar-refractivity contribution in [3.8, 4) is 5.88 Å². The molecule has 0 aliphatic carbocycles. The summed E-state index contributed by atoms with van der Waals surface area (Å²) < 4.78 is 5.97. The van der Waals surface area contributed by atoms with Gasteiger partial charge in [-0.25, -0.2) is 9.78 Å². The van der Waals surface area contributed by atoms with Gasteiger partial charge in [-0.1, -0.05) is 12.1 Å². The Morgan fingerprint density at radius 3 is 2.60 bits per heavy atom. The maximum absolute atomic E-state index is 12.4. The monoisotopic (exact) mass is 340 g/mol. The first-order valence-electron chi connectivity index (χ1n) is 8.61. The molecule has 0 saturated carbocycles. The molecule has 3 rings (SSSR count). The molecule has 1 aromatic heterocycles. The molecule has 1 aliphatic rings. The van der Waals surface area contributed by atoms with Gasteiger partial charge in [0.2, 0.25) is 5.88 Å². The third kappa shape index (κ3) is 4.68. The number of carbonyl (C=O) groups is 1. The Morgan fingerprint density at radius 2 is 1.92 bits per heavy atom. The molecule has 25 heavy (non-hydrogen) atoms. The van der Waals surface area contributed by atoms with E-state index < -0.39 is 0 Å². The number of anilines is 1. The minimum absolute atomic E-state index is 0.0576. The van der Waals surface area contributed by atoms with Gasteiger partial charge in [0, 0.05) is 43.4 Å². The van der Waals surface area contributed by atoms with Crippen LogP contribution in [0, 0.1) is 20.8 Å². The first kappa shape index (κ1) is 17.2. The molecule has 6 nitrogen and oxygen atoms in total. The van der Waals surface area contributed by atoms with Crippen LogP contribution in [0.1, 0.15) is 29.9 Å². The van der Waals surface area contributed by atoms with E-state index in [4.69, 9.17) is 4.74 Å². The van der Waals surface area contributed by atoms with E-state index in [9.17, 15) is 4.79 Å². The maximum atomic E-state index is 12.4. The van der Waals surface area contributed by atoms with Gasteiger partial charge >= 0.3 is 6.03 Å². The number of aryl methyl sites for hydroxylation is 3.